The van der Waals surface area contributed by atoms with Crippen molar-refractivity contribution in [2.75, 3.05) is 25.4 Å². The first-order chi connectivity index (χ1) is 7.18. The number of thioether (sulfide) groups is 1. The van der Waals surface area contributed by atoms with Crippen molar-refractivity contribution in [3.63, 3.8) is 0 Å². The van der Waals surface area contributed by atoms with Gasteiger partial charge in [0, 0.05) is 31.4 Å². The summed E-state index contributed by atoms with van der Waals surface area (Å²) in [6.07, 6.45) is 0. The van der Waals surface area contributed by atoms with Gasteiger partial charge in [0.15, 0.2) is 0 Å². The van der Waals surface area contributed by atoms with Gasteiger partial charge in [-0.05, 0) is 6.92 Å². The molecule has 0 aromatic rings. The number of nitrogens with zero attached hydrogens (tertiary/aromatic N) is 1. The van der Waals surface area contributed by atoms with Crippen LogP contribution in [0, 0.1) is 0 Å². The lowest BCUT2D eigenvalue weighted by molar-refractivity contribution is -0.135. The number of carbonyl (C=O) groups is 2. The molecule has 5 nitrogen and oxygen atoms in total. The van der Waals surface area contributed by atoms with Gasteiger partial charge in [0.05, 0.1) is 0 Å². The van der Waals surface area contributed by atoms with E-state index in [1.54, 1.807) is 0 Å². The number of nitrogens with one attached hydrogen (secondary N) is 2. The van der Waals surface area contributed by atoms with E-state index >= 15 is 0 Å². The summed E-state index contributed by atoms with van der Waals surface area (Å²) in [7, 11) is 0. The zero-order valence-electron chi connectivity index (χ0n) is 8.66. The predicted molar refractivity (Wildman–Crippen MR) is 58.8 cm³/mol. The van der Waals surface area contributed by atoms with Gasteiger partial charge >= 0.3 is 0 Å². The molecule has 2 aliphatic heterocycles. The van der Waals surface area contributed by atoms with E-state index in [2.05, 4.69) is 10.6 Å². The first kappa shape index (κ1) is 10.8. The van der Waals surface area contributed by atoms with E-state index in [4.69, 9.17) is 0 Å². The highest BCUT2D eigenvalue weighted by Crippen LogP contribution is 2.16. The fourth-order valence-corrected chi connectivity index (χ4v) is 2.66. The summed E-state index contributed by atoms with van der Waals surface area (Å²) in [6, 6.07) is -0.100. The largest absolute Gasteiger partial charge is 0.336 e. The quantitative estimate of drug-likeness (QED) is 0.644. The van der Waals surface area contributed by atoms with Crippen LogP contribution in [0.5, 0.6) is 0 Å². The van der Waals surface area contributed by atoms with Gasteiger partial charge in [0.1, 0.15) is 6.04 Å². The number of hydrogen-bond donors (Lipinski definition) is 2. The van der Waals surface area contributed by atoms with Gasteiger partial charge in [0.2, 0.25) is 5.91 Å². The van der Waals surface area contributed by atoms with E-state index < -0.39 is 0 Å². The van der Waals surface area contributed by atoms with Crippen molar-refractivity contribution in [1.29, 1.82) is 0 Å². The molecule has 0 radical (unpaired) electrons. The molecule has 0 aromatic heterocycles. The zero-order valence-corrected chi connectivity index (χ0v) is 9.47. The molecule has 84 valence electrons. The minimum Gasteiger partial charge on any atom is -0.336 e. The Kier molecular flexibility index (Phi) is 3.16. The van der Waals surface area contributed by atoms with Gasteiger partial charge < -0.3 is 15.5 Å². The number of piperazine rings is 1. The molecule has 15 heavy (non-hydrogen) atoms. The third kappa shape index (κ3) is 2.26. The first-order valence-corrected chi connectivity index (χ1v) is 6.11. The van der Waals surface area contributed by atoms with E-state index in [-0.39, 0.29) is 23.2 Å². The lowest BCUT2D eigenvalue weighted by atomic mass is 10.2. The topological polar surface area (TPSA) is 61.4 Å². The summed E-state index contributed by atoms with van der Waals surface area (Å²) in [6.45, 7) is 4.43. The maximum absolute atomic E-state index is 12.0. The van der Waals surface area contributed by atoms with Crippen molar-refractivity contribution in [2.45, 2.75) is 19.0 Å². The molecule has 2 atom stereocenters. The van der Waals surface area contributed by atoms with Gasteiger partial charge in [-0.15, -0.1) is 0 Å². The molecule has 2 heterocycles. The summed E-state index contributed by atoms with van der Waals surface area (Å²) in [5.41, 5.74) is 0. The van der Waals surface area contributed by atoms with Crippen LogP contribution in [0.25, 0.3) is 0 Å². The van der Waals surface area contributed by atoms with E-state index in [0.29, 0.717) is 5.75 Å². The maximum atomic E-state index is 12.0. The second kappa shape index (κ2) is 4.40. The Labute approximate surface area is 93.0 Å². The summed E-state index contributed by atoms with van der Waals surface area (Å²) >= 11 is 1.19. The molecule has 0 aromatic carbocycles. The Bertz CT molecular complexity index is 285. The van der Waals surface area contributed by atoms with Crippen LogP contribution in [0.3, 0.4) is 0 Å². The molecule has 2 N–H and O–H groups in total. The highest BCUT2D eigenvalue weighted by molar-refractivity contribution is 8.14. The summed E-state index contributed by atoms with van der Waals surface area (Å²) in [5.74, 6) is 0.622. The van der Waals surface area contributed by atoms with Crippen LogP contribution in [0.4, 0.5) is 4.79 Å². The van der Waals surface area contributed by atoms with Crippen molar-refractivity contribution in [3.8, 4) is 0 Å². The van der Waals surface area contributed by atoms with Crippen molar-refractivity contribution in [2.24, 2.45) is 0 Å². The predicted octanol–water partition coefficient (Wildman–Crippen LogP) is -0.368. The van der Waals surface area contributed by atoms with Gasteiger partial charge in [0.25, 0.3) is 5.24 Å². The second-order valence-corrected chi connectivity index (χ2v) is 4.87. The lowest BCUT2D eigenvalue weighted by Gasteiger charge is -2.35. The molecule has 0 spiro atoms. The van der Waals surface area contributed by atoms with Crippen molar-refractivity contribution >= 4 is 22.9 Å². The van der Waals surface area contributed by atoms with Crippen LogP contribution in [0.1, 0.15) is 6.92 Å². The Morgan fingerprint density at radius 3 is 3.00 bits per heavy atom. The Balaban J connectivity index is 1.97. The third-order valence-electron chi connectivity index (χ3n) is 2.76. The van der Waals surface area contributed by atoms with Gasteiger partial charge in [-0.1, -0.05) is 11.8 Å². The maximum Gasteiger partial charge on any atom is 0.279 e. The number of hydrogen-bond acceptors (Lipinski definition) is 4. The molecule has 2 rings (SSSR count). The highest BCUT2D eigenvalue weighted by atomic mass is 32.2. The molecular formula is C9H15N3O2S. The number of carbonyl (C=O) groups excluding carboxylic acids is 2. The van der Waals surface area contributed by atoms with Gasteiger partial charge in [-0.3, -0.25) is 9.59 Å². The standard InChI is InChI=1S/C9H15N3O2S/c1-6-4-10-2-3-12(6)8(13)7-5-15-9(14)11-7/h6-7,10H,2-5H2,1H3,(H,11,14). The average Bonchev–Trinajstić information content (AvgIpc) is 2.65. The Hall–Kier alpha value is -0.750. The van der Waals surface area contributed by atoms with E-state index in [1.807, 2.05) is 11.8 Å². The van der Waals surface area contributed by atoms with E-state index in [1.165, 1.54) is 11.8 Å². The Morgan fingerprint density at radius 2 is 2.40 bits per heavy atom. The number of amides is 2. The van der Waals surface area contributed by atoms with Crippen molar-refractivity contribution in [1.82, 2.24) is 15.5 Å². The van der Waals surface area contributed by atoms with Crippen LogP contribution in [-0.4, -0.2) is 53.5 Å². The lowest BCUT2D eigenvalue weighted by Crippen LogP contribution is -2.56. The van der Waals surface area contributed by atoms with E-state index in [9.17, 15) is 9.59 Å². The molecular weight excluding hydrogens is 214 g/mol. The molecule has 2 unspecified atom stereocenters. The summed E-state index contributed by atoms with van der Waals surface area (Å²) < 4.78 is 0. The third-order valence-corrected chi connectivity index (χ3v) is 3.64. The monoisotopic (exact) mass is 229 g/mol. The normalized spacial score (nSPS) is 31.5. The molecule has 0 bridgehead atoms. The SMILES string of the molecule is CC1CNCCN1C(=O)C1CSC(=O)N1. The van der Waals surface area contributed by atoms with Gasteiger partial charge in [-0.25, -0.2) is 0 Å². The number of rotatable bonds is 1. The smallest absolute Gasteiger partial charge is 0.279 e. The molecule has 6 heteroatoms. The summed E-state index contributed by atoms with van der Waals surface area (Å²) in [4.78, 5) is 24.9. The van der Waals surface area contributed by atoms with Gasteiger partial charge in [-0.2, -0.15) is 0 Å². The average molecular weight is 229 g/mol. The van der Waals surface area contributed by atoms with Crippen LogP contribution < -0.4 is 10.6 Å². The van der Waals surface area contributed by atoms with Crippen molar-refractivity contribution < 1.29 is 9.59 Å². The fraction of sp³-hybridized carbons (Fsp3) is 0.778. The van der Waals surface area contributed by atoms with Crippen LogP contribution in [0.15, 0.2) is 0 Å². The molecule has 0 saturated carbocycles. The van der Waals surface area contributed by atoms with Crippen LogP contribution in [-0.2, 0) is 4.79 Å². The molecule has 2 saturated heterocycles. The van der Waals surface area contributed by atoms with Crippen molar-refractivity contribution in [3.05, 3.63) is 0 Å². The summed E-state index contributed by atoms with van der Waals surface area (Å²) in [5, 5.41) is 5.83. The Morgan fingerprint density at radius 1 is 1.60 bits per heavy atom. The highest BCUT2D eigenvalue weighted by Gasteiger charge is 2.33. The minimum atomic E-state index is -0.317. The van der Waals surface area contributed by atoms with Crippen LogP contribution in [0.2, 0.25) is 0 Å². The fourth-order valence-electron chi connectivity index (χ4n) is 1.89. The molecule has 2 fully saturated rings. The molecule has 0 aliphatic carbocycles. The van der Waals surface area contributed by atoms with E-state index in [0.717, 1.165) is 19.6 Å². The van der Waals surface area contributed by atoms with Crippen LogP contribution >= 0.6 is 11.8 Å². The minimum absolute atomic E-state index is 0.0577. The second-order valence-electron chi connectivity index (χ2n) is 3.88. The zero-order chi connectivity index (χ0) is 10.8. The molecule has 2 amide bonds. The first-order valence-electron chi connectivity index (χ1n) is 5.13. The molecule has 2 aliphatic rings.